The first-order chi connectivity index (χ1) is 9.61. The molecule has 0 aliphatic heterocycles. The van der Waals surface area contributed by atoms with Crippen LogP contribution in [0.15, 0.2) is 24.5 Å². The predicted molar refractivity (Wildman–Crippen MR) is 74.4 cm³/mol. The Kier molecular flexibility index (Phi) is 4.19. The first-order valence-corrected chi connectivity index (χ1v) is 6.17. The minimum atomic E-state index is -0.231. The topological polar surface area (TPSA) is 95.1 Å². The van der Waals surface area contributed by atoms with E-state index in [1.807, 2.05) is 0 Å². The number of amides is 1. The summed E-state index contributed by atoms with van der Waals surface area (Å²) in [6, 6.07) is 5.07. The molecule has 106 valence electrons. The number of para-hydroxylation sites is 1. The third-order valence-electron chi connectivity index (χ3n) is 2.78. The maximum Gasteiger partial charge on any atom is 0.255 e. The molecule has 1 heterocycles. The number of ether oxygens (including phenoxy) is 1. The number of nitrogens with one attached hydrogen (secondary N) is 1. The summed E-state index contributed by atoms with van der Waals surface area (Å²) in [7, 11) is 3.28. The lowest BCUT2D eigenvalue weighted by atomic mass is 10.1. The van der Waals surface area contributed by atoms with E-state index in [0.29, 0.717) is 35.8 Å². The van der Waals surface area contributed by atoms with Gasteiger partial charge < -0.3 is 15.8 Å². The van der Waals surface area contributed by atoms with Crippen molar-refractivity contribution in [2.24, 2.45) is 7.05 Å². The molecule has 0 fully saturated rings. The second-order valence-corrected chi connectivity index (χ2v) is 4.27. The molecule has 0 saturated heterocycles. The van der Waals surface area contributed by atoms with Crippen molar-refractivity contribution in [3.8, 4) is 5.75 Å². The van der Waals surface area contributed by atoms with Gasteiger partial charge in [0.05, 0.1) is 18.4 Å². The van der Waals surface area contributed by atoms with E-state index >= 15 is 0 Å². The van der Waals surface area contributed by atoms with Crippen molar-refractivity contribution in [1.29, 1.82) is 0 Å². The number of carbonyl (C=O) groups excluding carboxylic acids is 1. The van der Waals surface area contributed by atoms with E-state index in [9.17, 15) is 4.79 Å². The molecule has 7 nitrogen and oxygen atoms in total. The smallest absolute Gasteiger partial charge is 0.255 e. The van der Waals surface area contributed by atoms with E-state index in [1.165, 1.54) is 7.11 Å². The third-order valence-corrected chi connectivity index (χ3v) is 2.78. The fourth-order valence-corrected chi connectivity index (χ4v) is 1.84. The molecule has 1 aromatic heterocycles. The Hall–Kier alpha value is -2.57. The van der Waals surface area contributed by atoms with E-state index in [2.05, 4.69) is 15.4 Å². The number of nitrogens with two attached hydrogens (primary N) is 1. The Bertz CT molecular complexity index is 609. The number of rotatable bonds is 5. The Morgan fingerprint density at radius 2 is 2.30 bits per heavy atom. The van der Waals surface area contributed by atoms with Crippen LogP contribution in [0.25, 0.3) is 0 Å². The normalized spacial score (nSPS) is 10.3. The number of nitrogen functional groups attached to an aromatic ring is 1. The molecule has 3 N–H and O–H groups in total. The largest absolute Gasteiger partial charge is 0.494 e. The molecule has 0 spiro atoms. The Morgan fingerprint density at radius 3 is 2.95 bits per heavy atom. The van der Waals surface area contributed by atoms with Gasteiger partial charge in [0.25, 0.3) is 5.91 Å². The summed E-state index contributed by atoms with van der Waals surface area (Å²) in [6.07, 6.45) is 2.19. The summed E-state index contributed by atoms with van der Waals surface area (Å²) in [6.45, 7) is 0.445. The van der Waals surface area contributed by atoms with Gasteiger partial charge in [-0.15, -0.1) is 0 Å². The highest BCUT2D eigenvalue weighted by atomic mass is 16.5. The van der Waals surface area contributed by atoms with Gasteiger partial charge in [0.2, 0.25) is 0 Å². The molecule has 0 unspecified atom stereocenters. The summed E-state index contributed by atoms with van der Waals surface area (Å²) >= 11 is 0. The minimum absolute atomic E-state index is 0.231. The van der Waals surface area contributed by atoms with Crippen molar-refractivity contribution in [3.63, 3.8) is 0 Å². The zero-order valence-corrected chi connectivity index (χ0v) is 11.5. The van der Waals surface area contributed by atoms with Crippen LogP contribution in [0, 0.1) is 0 Å². The van der Waals surface area contributed by atoms with E-state index < -0.39 is 0 Å². The van der Waals surface area contributed by atoms with Gasteiger partial charge in [0.1, 0.15) is 6.33 Å². The molecule has 0 saturated carbocycles. The lowest BCUT2D eigenvalue weighted by Gasteiger charge is -2.10. The summed E-state index contributed by atoms with van der Waals surface area (Å²) in [5.41, 5.74) is 6.62. The van der Waals surface area contributed by atoms with Crippen molar-refractivity contribution >= 4 is 11.6 Å². The highest BCUT2D eigenvalue weighted by Crippen LogP contribution is 2.25. The predicted octanol–water partition coefficient (Wildman–Crippen LogP) is 0.378. The molecule has 0 atom stereocenters. The van der Waals surface area contributed by atoms with Crippen LogP contribution in [0.4, 0.5) is 5.69 Å². The van der Waals surface area contributed by atoms with Crippen molar-refractivity contribution < 1.29 is 9.53 Å². The summed E-state index contributed by atoms with van der Waals surface area (Å²) in [5.74, 6) is 0.846. The van der Waals surface area contributed by atoms with Crippen LogP contribution >= 0.6 is 0 Å². The number of hydrogen-bond donors (Lipinski definition) is 2. The second-order valence-electron chi connectivity index (χ2n) is 4.27. The zero-order chi connectivity index (χ0) is 14.5. The quantitative estimate of drug-likeness (QED) is 0.769. The Balaban J connectivity index is 1.97. The number of carbonyl (C=O) groups is 1. The van der Waals surface area contributed by atoms with Crippen LogP contribution in [-0.2, 0) is 13.5 Å². The molecule has 1 amide bonds. The lowest BCUT2D eigenvalue weighted by Crippen LogP contribution is -2.26. The van der Waals surface area contributed by atoms with E-state index in [4.69, 9.17) is 10.5 Å². The molecule has 1 aromatic carbocycles. The van der Waals surface area contributed by atoms with Crippen molar-refractivity contribution in [1.82, 2.24) is 20.1 Å². The van der Waals surface area contributed by atoms with Crippen molar-refractivity contribution in [2.75, 3.05) is 19.4 Å². The second kappa shape index (κ2) is 6.05. The fourth-order valence-electron chi connectivity index (χ4n) is 1.84. The molecule has 0 aliphatic rings. The number of hydrogen-bond acceptors (Lipinski definition) is 5. The highest BCUT2D eigenvalue weighted by Gasteiger charge is 2.14. The molecule has 0 aliphatic carbocycles. The number of methoxy groups -OCH3 is 1. The molecule has 7 heteroatoms. The molecule has 20 heavy (non-hydrogen) atoms. The van der Waals surface area contributed by atoms with E-state index in [1.54, 1.807) is 36.3 Å². The zero-order valence-electron chi connectivity index (χ0n) is 11.5. The third kappa shape index (κ3) is 3.05. The molecule has 2 aromatic rings. The molecule has 0 radical (unpaired) electrons. The summed E-state index contributed by atoms with van der Waals surface area (Å²) in [4.78, 5) is 16.2. The van der Waals surface area contributed by atoms with Gasteiger partial charge in [0, 0.05) is 20.0 Å². The van der Waals surface area contributed by atoms with Gasteiger partial charge in [-0.2, -0.15) is 5.10 Å². The van der Waals surface area contributed by atoms with Gasteiger partial charge in [-0.1, -0.05) is 6.07 Å². The van der Waals surface area contributed by atoms with Gasteiger partial charge in [-0.3, -0.25) is 9.48 Å². The van der Waals surface area contributed by atoms with Crippen LogP contribution in [0.1, 0.15) is 16.2 Å². The monoisotopic (exact) mass is 275 g/mol. The van der Waals surface area contributed by atoms with Crippen molar-refractivity contribution in [2.45, 2.75) is 6.42 Å². The minimum Gasteiger partial charge on any atom is -0.494 e. The lowest BCUT2D eigenvalue weighted by molar-refractivity contribution is 0.0951. The standard InChI is InChI=1S/C13H17N5O2/c1-18-8-16-11(17-18)6-7-15-13(19)9-4-3-5-10(14)12(9)20-2/h3-5,8H,6-7,14H2,1-2H3,(H,15,19). The molecule has 2 rings (SSSR count). The van der Waals surface area contributed by atoms with E-state index in [0.717, 1.165) is 0 Å². The van der Waals surface area contributed by atoms with Gasteiger partial charge >= 0.3 is 0 Å². The van der Waals surface area contributed by atoms with Crippen LogP contribution in [0.2, 0.25) is 0 Å². The summed E-state index contributed by atoms with van der Waals surface area (Å²) in [5, 5.41) is 6.93. The van der Waals surface area contributed by atoms with E-state index in [-0.39, 0.29) is 5.91 Å². The van der Waals surface area contributed by atoms with Crippen LogP contribution in [0.5, 0.6) is 5.75 Å². The Labute approximate surface area is 116 Å². The van der Waals surface area contributed by atoms with Gasteiger partial charge in [-0.05, 0) is 12.1 Å². The van der Waals surface area contributed by atoms with Crippen LogP contribution in [-0.4, -0.2) is 34.3 Å². The average molecular weight is 275 g/mol. The summed E-state index contributed by atoms with van der Waals surface area (Å²) < 4.78 is 6.77. The fraction of sp³-hybridized carbons (Fsp3) is 0.308. The number of aromatic nitrogens is 3. The first-order valence-electron chi connectivity index (χ1n) is 6.17. The number of benzene rings is 1. The molecular formula is C13H17N5O2. The first kappa shape index (κ1) is 13.9. The maximum absolute atomic E-state index is 12.1. The van der Waals surface area contributed by atoms with Gasteiger partial charge in [0.15, 0.2) is 11.6 Å². The molecule has 0 bridgehead atoms. The SMILES string of the molecule is COc1c(N)cccc1C(=O)NCCc1ncn(C)n1. The number of anilines is 1. The highest BCUT2D eigenvalue weighted by molar-refractivity contribution is 5.98. The Morgan fingerprint density at radius 1 is 1.50 bits per heavy atom. The number of nitrogens with zero attached hydrogens (tertiary/aromatic N) is 3. The van der Waals surface area contributed by atoms with Crippen LogP contribution < -0.4 is 15.8 Å². The van der Waals surface area contributed by atoms with Crippen molar-refractivity contribution in [3.05, 3.63) is 35.9 Å². The van der Waals surface area contributed by atoms with Crippen LogP contribution in [0.3, 0.4) is 0 Å². The molecular weight excluding hydrogens is 258 g/mol. The van der Waals surface area contributed by atoms with Gasteiger partial charge in [-0.25, -0.2) is 4.98 Å². The maximum atomic E-state index is 12.1. The average Bonchev–Trinajstić information content (AvgIpc) is 2.84. The number of aryl methyl sites for hydroxylation is 1.